The quantitative estimate of drug-likeness (QED) is 0.372. The van der Waals surface area contributed by atoms with Crippen molar-refractivity contribution in [3.8, 4) is 33.8 Å². The van der Waals surface area contributed by atoms with Crippen LogP contribution in [-0.4, -0.2) is 6.79 Å². The predicted octanol–water partition coefficient (Wildman–Crippen LogP) is 6.44. The van der Waals surface area contributed by atoms with Crippen molar-refractivity contribution in [3.63, 3.8) is 0 Å². The fourth-order valence-electron chi connectivity index (χ4n) is 3.05. The number of benzene rings is 4. The van der Waals surface area contributed by atoms with Gasteiger partial charge in [-0.2, -0.15) is 0 Å². The van der Waals surface area contributed by atoms with Crippen LogP contribution in [0.3, 0.4) is 0 Å². The maximum atomic E-state index is 5.96. The first-order chi connectivity index (χ1) is 13.4. The van der Waals surface area contributed by atoms with Crippen LogP contribution in [0.2, 0.25) is 0 Å². The van der Waals surface area contributed by atoms with Gasteiger partial charge in [0.25, 0.3) is 0 Å². The first kappa shape index (κ1) is 16.9. The van der Waals surface area contributed by atoms with Gasteiger partial charge in [0.15, 0.2) is 0 Å². The van der Waals surface area contributed by atoms with Gasteiger partial charge in [-0.1, -0.05) is 97.1 Å². The summed E-state index contributed by atoms with van der Waals surface area (Å²) in [5, 5.41) is 0. The second-order valence-electron chi connectivity index (χ2n) is 6.13. The summed E-state index contributed by atoms with van der Waals surface area (Å²) in [6.07, 6.45) is 0. The molecule has 2 nitrogen and oxygen atoms in total. The summed E-state index contributed by atoms with van der Waals surface area (Å²) in [6.45, 7) is 0.147. The second-order valence-corrected chi connectivity index (χ2v) is 6.13. The molecule has 0 spiro atoms. The molecule has 0 saturated heterocycles. The maximum absolute atomic E-state index is 5.96. The summed E-state index contributed by atoms with van der Waals surface area (Å²) >= 11 is 0. The van der Waals surface area contributed by atoms with Crippen molar-refractivity contribution in [1.29, 1.82) is 0 Å². The van der Waals surface area contributed by atoms with E-state index in [2.05, 4.69) is 36.4 Å². The molecule has 0 N–H and O–H groups in total. The largest absolute Gasteiger partial charge is 0.457 e. The summed E-state index contributed by atoms with van der Waals surface area (Å²) < 4.78 is 11.9. The van der Waals surface area contributed by atoms with Crippen LogP contribution >= 0.6 is 0 Å². The predicted molar refractivity (Wildman–Crippen MR) is 110 cm³/mol. The molecule has 0 amide bonds. The standard InChI is InChI=1S/C25H20O2/c1-3-11-20(12-4-1)22-15-7-9-17-24(22)26-19-27-25-18-10-8-16-23(25)21-13-5-2-6-14-21/h1-18H,19H2. The molecule has 0 saturated carbocycles. The van der Waals surface area contributed by atoms with Gasteiger partial charge in [0.2, 0.25) is 6.79 Å². The minimum absolute atomic E-state index is 0.147. The van der Waals surface area contributed by atoms with Crippen LogP contribution in [0.1, 0.15) is 0 Å². The monoisotopic (exact) mass is 352 g/mol. The van der Waals surface area contributed by atoms with Crippen LogP contribution in [0.15, 0.2) is 109 Å². The molecule has 0 aliphatic rings. The molecule has 0 aliphatic heterocycles. The molecule has 2 heteroatoms. The van der Waals surface area contributed by atoms with Crippen molar-refractivity contribution >= 4 is 0 Å². The summed E-state index contributed by atoms with van der Waals surface area (Å²) in [6, 6.07) is 36.5. The highest BCUT2D eigenvalue weighted by Gasteiger charge is 2.08. The molecule has 4 rings (SSSR count). The SMILES string of the molecule is c1ccc(-c2ccccc2OCOc2ccccc2-c2ccccc2)cc1. The Balaban J connectivity index is 1.51. The van der Waals surface area contributed by atoms with Crippen LogP contribution in [0.5, 0.6) is 11.5 Å². The number of ether oxygens (including phenoxy) is 2. The first-order valence-corrected chi connectivity index (χ1v) is 8.96. The molecule has 0 bridgehead atoms. The van der Waals surface area contributed by atoms with Crippen LogP contribution in [-0.2, 0) is 0 Å². The Labute approximate surface area is 159 Å². The van der Waals surface area contributed by atoms with Gasteiger partial charge >= 0.3 is 0 Å². The van der Waals surface area contributed by atoms with Gasteiger partial charge in [-0.25, -0.2) is 0 Å². The van der Waals surface area contributed by atoms with E-state index in [9.17, 15) is 0 Å². The van der Waals surface area contributed by atoms with Crippen molar-refractivity contribution in [1.82, 2.24) is 0 Å². The molecular weight excluding hydrogens is 332 g/mol. The molecule has 27 heavy (non-hydrogen) atoms. The average Bonchev–Trinajstić information content (AvgIpc) is 2.76. The van der Waals surface area contributed by atoms with E-state index < -0.39 is 0 Å². The van der Waals surface area contributed by atoms with Crippen LogP contribution in [0, 0.1) is 0 Å². The summed E-state index contributed by atoms with van der Waals surface area (Å²) in [4.78, 5) is 0. The van der Waals surface area contributed by atoms with Gasteiger partial charge < -0.3 is 9.47 Å². The first-order valence-electron chi connectivity index (χ1n) is 8.96. The molecule has 0 atom stereocenters. The van der Waals surface area contributed by atoms with Gasteiger partial charge in [0.1, 0.15) is 11.5 Å². The van der Waals surface area contributed by atoms with Crippen LogP contribution in [0.25, 0.3) is 22.3 Å². The third-order valence-electron chi connectivity index (χ3n) is 4.37. The van der Waals surface area contributed by atoms with E-state index in [4.69, 9.17) is 9.47 Å². The smallest absolute Gasteiger partial charge is 0.230 e. The highest BCUT2D eigenvalue weighted by molar-refractivity contribution is 5.71. The van der Waals surface area contributed by atoms with Gasteiger partial charge in [0, 0.05) is 11.1 Å². The van der Waals surface area contributed by atoms with E-state index in [0.29, 0.717) is 0 Å². The topological polar surface area (TPSA) is 18.5 Å². The van der Waals surface area contributed by atoms with E-state index in [-0.39, 0.29) is 6.79 Å². The molecule has 0 heterocycles. The van der Waals surface area contributed by atoms with E-state index in [1.807, 2.05) is 72.8 Å². The fraction of sp³-hybridized carbons (Fsp3) is 0.0400. The third kappa shape index (κ3) is 4.01. The minimum atomic E-state index is 0.147. The Morgan fingerprint density at radius 2 is 0.778 bits per heavy atom. The Morgan fingerprint density at radius 3 is 1.22 bits per heavy atom. The zero-order chi connectivity index (χ0) is 18.3. The lowest BCUT2D eigenvalue weighted by atomic mass is 10.0. The van der Waals surface area contributed by atoms with E-state index >= 15 is 0 Å². The fourth-order valence-corrected chi connectivity index (χ4v) is 3.05. The molecule has 0 radical (unpaired) electrons. The maximum Gasteiger partial charge on any atom is 0.230 e. The lowest BCUT2D eigenvalue weighted by Crippen LogP contribution is -2.07. The summed E-state index contributed by atoms with van der Waals surface area (Å²) in [5.74, 6) is 1.61. The molecule has 0 fully saturated rings. The number of hydrogen-bond acceptors (Lipinski definition) is 2. The summed E-state index contributed by atoms with van der Waals surface area (Å²) in [7, 11) is 0. The van der Waals surface area contributed by atoms with Gasteiger partial charge in [-0.3, -0.25) is 0 Å². The molecule has 0 aliphatic carbocycles. The molecule has 4 aromatic rings. The average molecular weight is 352 g/mol. The molecular formula is C25H20O2. The zero-order valence-corrected chi connectivity index (χ0v) is 14.9. The van der Waals surface area contributed by atoms with Crippen molar-refractivity contribution in [2.45, 2.75) is 0 Å². The van der Waals surface area contributed by atoms with Gasteiger partial charge in [-0.15, -0.1) is 0 Å². The number of para-hydroxylation sites is 2. The lowest BCUT2D eigenvalue weighted by molar-refractivity contribution is 0.121. The Kier molecular flexibility index (Phi) is 5.16. The third-order valence-corrected chi connectivity index (χ3v) is 4.37. The summed E-state index contributed by atoms with van der Waals surface area (Å²) in [5.41, 5.74) is 4.35. The molecule has 0 unspecified atom stereocenters. The van der Waals surface area contributed by atoms with Crippen LogP contribution < -0.4 is 9.47 Å². The molecule has 4 aromatic carbocycles. The lowest BCUT2D eigenvalue weighted by Gasteiger charge is -2.14. The molecule has 0 aromatic heterocycles. The van der Waals surface area contributed by atoms with Gasteiger partial charge in [0.05, 0.1) is 0 Å². The normalized spacial score (nSPS) is 10.4. The van der Waals surface area contributed by atoms with Crippen molar-refractivity contribution in [2.24, 2.45) is 0 Å². The Hall–Kier alpha value is -3.52. The van der Waals surface area contributed by atoms with Crippen molar-refractivity contribution in [2.75, 3.05) is 6.79 Å². The van der Waals surface area contributed by atoms with Crippen LogP contribution in [0.4, 0.5) is 0 Å². The highest BCUT2D eigenvalue weighted by atomic mass is 16.7. The van der Waals surface area contributed by atoms with Crippen molar-refractivity contribution < 1.29 is 9.47 Å². The van der Waals surface area contributed by atoms with Crippen molar-refractivity contribution in [3.05, 3.63) is 109 Å². The zero-order valence-electron chi connectivity index (χ0n) is 14.9. The second kappa shape index (κ2) is 8.24. The van der Waals surface area contributed by atoms with E-state index in [0.717, 1.165) is 33.8 Å². The van der Waals surface area contributed by atoms with E-state index in [1.165, 1.54) is 0 Å². The highest BCUT2D eigenvalue weighted by Crippen LogP contribution is 2.31. The molecule has 132 valence electrons. The number of hydrogen-bond donors (Lipinski definition) is 0. The Morgan fingerprint density at radius 1 is 0.407 bits per heavy atom. The number of rotatable bonds is 6. The van der Waals surface area contributed by atoms with Gasteiger partial charge in [-0.05, 0) is 23.3 Å². The minimum Gasteiger partial charge on any atom is -0.457 e. The Bertz CT molecular complexity index is 912. The van der Waals surface area contributed by atoms with E-state index in [1.54, 1.807) is 0 Å².